The average molecular weight is 273 g/mol. The molecule has 1 aromatic rings. The van der Waals surface area contributed by atoms with Crippen LogP contribution in [0.5, 0.6) is 0 Å². The molecule has 0 spiro atoms. The summed E-state index contributed by atoms with van der Waals surface area (Å²) < 4.78 is 28.1. The van der Waals surface area contributed by atoms with Gasteiger partial charge in [-0.25, -0.2) is 9.71 Å². The summed E-state index contributed by atoms with van der Waals surface area (Å²) in [6.07, 6.45) is 3.80. The zero-order valence-electron chi connectivity index (χ0n) is 10.5. The number of hydrogen-bond acceptors (Lipinski definition) is 4. The minimum atomic E-state index is -3.34. The van der Waals surface area contributed by atoms with Crippen LogP contribution in [-0.2, 0) is 16.6 Å². The third kappa shape index (κ3) is 3.50. The number of H-pyrrole nitrogens is 1. The molecule has 1 aliphatic rings. The molecule has 0 amide bonds. The van der Waals surface area contributed by atoms with Crippen LogP contribution >= 0.6 is 0 Å². The maximum atomic E-state index is 12.0. The van der Waals surface area contributed by atoms with Crippen LogP contribution in [0.2, 0.25) is 0 Å². The molecule has 7 nitrogen and oxygen atoms in total. The Labute approximate surface area is 107 Å². The lowest BCUT2D eigenvalue weighted by Gasteiger charge is -2.29. The van der Waals surface area contributed by atoms with Crippen molar-refractivity contribution in [1.82, 2.24) is 24.2 Å². The summed E-state index contributed by atoms with van der Waals surface area (Å²) in [5.74, 6) is 1.30. The Morgan fingerprint density at radius 2 is 2.22 bits per heavy atom. The van der Waals surface area contributed by atoms with Gasteiger partial charge in [0, 0.05) is 26.1 Å². The Morgan fingerprint density at radius 3 is 2.83 bits per heavy atom. The summed E-state index contributed by atoms with van der Waals surface area (Å²) in [7, 11) is -3.34. The first-order valence-electron chi connectivity index (χ1n) is 6.17. The van der Waals surface area contributed by atoms with Gasteiger partial charge >= 0.3 is 0 Å². The van der Waals surface area contributed by atoms with Crippen molar-refractivity contribution in [3.63, 3.8) is 0 Å². The highest BCUT2D eigenvalue weighted by molar-refractivity contribution is 7.87. The zero-order valence-corrected chi connectivity index (χ0v) is 11.3. The van der Waals surface area contributed by atoms with Gasteiger partial charge in [0.15, 0.2) is 0 Å². The number of rotatable bonds is 5. The second-order valence-corrected chi connectivity index (χ2v) is 6.42. The molecule has 102 valence electrons. The van der Waals surface area contributed by atoms with Gasteiger partial charge < -0.3 is 0 Å². The Balaban J connectivity index is 1.80. The van der Waals surface area contributed by atoms with Crippen LogP contribution in [0.1, 0.15) is 25.6 Å². The summed E-state index contributed by atoms with van der Waals surface area (Å²) in [4.78, 5) is 3.94. The van der Waals surface area contributed by atoms with E-state index in [-0.39, 0.29) is 0 Å². The average Bonchev–Trinajstić information content (AvgIpc) is 2.82. The third-order valence-corrected chi connectivity index (χ3v) is 4.81. The molecule has 0 aliphatic carbocycles. The molecule has 2 N–H and O–H groups in total. The van der Waals surface area contributed by atoms with Crippen molar-refractivity contribution in [2.75, 3.05) is 19.6 Å². The van der Waals surface area contributed by atoms with Crippen LogP contribution in [0.3, 0.4) is 0 Å². The summed E-state index contributed by atoms with van der Waals surface area (Å²) >= 11 is 0. The van der Waals surface area contributed by atoms with Gasteiger partial charge in [-0.1, -0.05) is 6.92 Å². The highest BCUT2D eigenvalue weighted by atomic mass is 32.2. The standard InChI is InChI=1S/C10H19N5O2S/c1-9-3-6-15(7-4-9)18(16,17)13-5-2-10-11-8-12-14-10/h8-9,13H,2-7H2,1H3,(H,11,12,14). The van der Waals surface area contributed by atoms with E-state index in [9.17, 15) is 8.42 Å². The smallest absolute Gasteiger partial charge is 0.263 e. The Hall–Kier alpha value is -0.990. The van der Waals surface area contributed by atoms with Crippen molar-refractivity contribution in [3.05, 3.63) is 12.2 Å². The number of nitrogens with zero attached hydrogens (tertiary/aromatic N) is 3. The second-order valence-electron chi connectivity index (χ2n) is 4.66. The largest absolute Gasteiger partial charge is 0.279 e. The topological polar surface area (TPSA) is 91.0 Å². The molecule has 18 heavy (non-hydrogen) atoms. The van der Waals surface area contributed by atoms with E-state index in [1.54, 1.807) is 0 Å². The quantitative estimate of drug-likeness (QED) is 0.784. The molecule has 1 aromatic heterocycles. The number of aromatic amines is 1. The fourth-order valence-electron chi connectivity index (χ4n) is 1.97. The van der Waals surface area contributed by atoms with E-state index in [0.29, 0.717) is 37.8 Å². The van der Waals surface area contributed by atoms with Crippen LogP contribution in [0.15, 0.2) is 6.33 Å². The Morgan fingerprint density at radius 1 is 1.50 bits per heavy atom. The van der Waals surface area contributed by atoms with Crippen LogP contribution in [0.4, 0.5) is 0 Å². The molecule has 1 fully saturated rings. The molecular weight excluding hydrogens is 254 g/mol. The van der Waals surface area contributed by atoms with Crippen molar-refractivity contribution in [2.24, 2.45) is 5.92 Å². The number of nitrogens with one attached hydrogen (secondary N) is 2. The van der Waals surface area contributed by atoms with Gasteiger partial charge in [0.1, 0.15) is 12.2 Å². The highest BCUT2D eigenvalue weighted by Crippen LogP contribution is 2.17. The van der Waals surface area contributed by atoms with E-state index < -0.39 is 10.2 Å². The lowest BCUT2D eigenvalue weighted by Crippen LogP contribution is -2.45. The van der Waals surface area contributed by atoms with Gasteiger partial charge in [-0.15, -0.1) is 0 Å². The molecule has 0 radical (unpaired) electrons. The van der Waals surface area contributed by atoms with Crippen molar-refractivity contribution >= 4 is 10.2 Å². The molecule has 2 rings (SSSR count). The lowest BCUT2D eigenvalue weighted by atomic mass is 10.0. The number of piperidine rings is 1. The first-order chi connectivity index (χ1) is 8.58. The van der Waals surface area contributed by atoms with Crippen LogP contribution in [0, 0.1) is 5.92 Å². The SMILES string of the molecule is CC1CCN(S(=O)(=O)NCCc2ncn[nH]2)CC1. The fourth-order valence-corrected chi connectivity index (χ4v) is 3.20. The van der Waals surface area contributed by atoms with E-state index >= 15 is 0 Å². The summed E-state index contributed by atoms with van der Waals surface area (Å²) in [5.41, 5.74) is 0. The van der Waals surface area contributed by atoms with Gasteiger partial charge in [-0.3, -0.25) is 5.10 Å². The molecule has 1 saturated heterocycles. The minimum absolute atomic E-state index is 0.337. The van der Waals surface area contributed by atoms with Crippen molar-refractivity contribution < 1.29 is 8.42 Å². The van der Waals surface area contributed by atoms with E-state index in [0.717, 1.165) is 12.8 Å². The molecule has 0 bridgehead atoms. The number of hydrogen-bond donors (Lipinski definition) is 2. The first-order valence-corrected chi connectivity index (χ1v) is 7.61. The Bertz CT molecular complexity index is 451. The molecule has 2 heterocycles. The Kier molecular flexibility index (Phi) is 4.31. The van der Waals surface area contributed by atoms with Gasteiger partial charge in [0.25, 0.3) is 10.2 Å². The summed E-state index contributed by atoms with van der Waals surface area (Å²) in [6, 6.07) is 0. The molecule has 0 atom stereocenters. The first kappa shape index (κ1) is 13.4. The molecule has 0 unspecified atom stereocenters. The monoisotopic (exact) mass is 273 g/mol. The maximum Gasteiger partial charge on any atom is 0.279 e. The van der Waals surface area contributed by atoms with Gasteiger partial charge in [-0.2, -0.15) is 17.8 Å². The molecule has 8 heteroatoms. The third-order valence-electron chi connectivity index (χ3n) is 3.19. The fraction of sp³-hybridized carbons (Fsp3) is 0.800. The van der Waals surface area contributed by atoms with Crippen molar-refractivity contribution in [1.29, 1.82) is 0 Å². The van der Waals surface area contributed by atoms with Gasteiger partial charge in [0.2, 0.25) is 0 Å². The van der Waals surface area contributed by atoms with E-state index in [4.69, 9.17) is 0 Å². The van der Waals surface area contributed by atoms with E-state index in [1.165, 1.54) is 10.6 Å². The van der Waals surface area contributed by atoms with Crippen molar-refractivity contribution in [2.45, 2.75) is 26.2 Å². The van der Waals surface area contributed by atoms with Crippen LogP contribution in [0.25, 0.3) is 0 Å². The highest BCUT2D eigenvalue weighted by Gasteiger charge is 2.25. The van der Waals surface area contributed by atoms with Crippen LogP contribution in [-0.4, -0.2) is 47.5 Å². The molecule has 1 aliphatic heterocycles. The molecule has 0 aromatic carbocycles. The lowest BCUT2D eigenvalue weighted by molar-refractivity contribution is 0.285. The van der Waals surface area contributed by atoms with Crippen LogP contribution < -0.4 is 4.72 Å². The maximum absolute atomic E-state index is 12.0. The zero-order chi connectivity index (χ0) is 13.0. The van der Waals surface area contributed by atoms with Gasteiger partial charge in [-0.05, 0) is 18.8 Å². The normalized spacial score (nSPS) is 19.2. The molecule has 0 saturated carbocycles. The number of aromatic nitrogens is 3. The van der Waals surface area contributed by atoms with E-state index in [1.807, 2.05) is 0 Å². The van der Waals surface area contributed by atoms with E-state index in [2.05, 4.69) is 26.8 Å². The second kappa shape index (κ2) is 5.77. The predicted octanol–water partition coefficient (Wildman–Crippen LogP) is -0.0865. The van der Waals surface area contributed by atoms with Crippen molar-refractivity contribution in [3.8, 4) is 0 Å². The molecular formula is C10H19N5O2S. The van der Waals surface area contributed by atoms with Gasteiger partial charge in [0.05, 0.1) is 0 Å². The summed E-state index contributed by atoms with van der Waals surface area (Å²) in [6.45, 7) is 3.71. The minimum Gasteiger partial charge on any atom is -0.263 e. The summed E-state index contributed by atoms with van der Waals surface area (Å²) in [5, 5.41) is 6.41. The predicted molar refractivity (Wildman–Crippen MR) is 67.0 cm³/mol.